The van der Waals surface area contributed by atoms with E-state index in [1.165, 1.54) is 0 Å². The van der Waals surface area contributed by atoms with Gasteiger partial charge in [-0.25, -0.2) is 8.42 Å². The Morgan fingerprint density at radius 1 is 1.19 bits per heavy atom. The van der Waals surface area contributed by atoms with Gasteiger partial charge in [0.05, 0.1) is 24.0 Å². The molecule has 0 saturated heterocycles. The minimum absolute atomic E-state index is 0.0413. The topological polar surface area (TPSA) is 106 Å². The summed E-state index contributed by atoms with van der Waals surface area (Å²) in [6.07, 6.45) is 1.82. The number of rotatable bonds is 3. The second-order valence-electron chi connectivity index (χ2n) is 6.59. The van der Waals surface area contributed by atoms with Crippen LogP contribution in [-0.2, 0) is 19.6 Å². The molecule has 1 heterocycles. The zero-order valence-corrected chi connectivity index (χ0v) is 14.8. The number of Topliss-reactive ketones (excluding diaryl/α,β-unsaturated/α-hetero) is 2. The predicted octanol–water partition coefficient (Wildman–Crippen LogP) is 2.76. The van der Waals surface area contributed by atoms with Crippen LogP contribution in [-0.4, -0.2) is 31.4 Å². The van der Waals surface area contributed by atoms with Gasteiger partial charge in [-0.2, -0.15) is 0 Å². The molecule has 0 amide bonds. The van der Waals surface area contributed by atoms with Crippen molar-refractivity contribution in [3.63, 3.8) is 0 Å². The SMILES string of the molecule is CS(=O)(=O)Nc1ccc2c(ccc3onc([C@@H]4CCC(=O)CC4=O)c32)c1. The average Bonchev–Trinajstić information content (AvgIpc) is 2.97. The molecule has 1 fully saturated rings. The maximum absolute atomic E-state index is 12.3. The van der Waals surface area contributed by atoms with Gasteiger partial charge >= 0.3 is 0 Å². The number of hydrogen-bond acceptors (Lipinski definition) is 6. The Balaban J connectivity index is 1.85. The van der Waals surface area contributed by atoms with Crippen LogP contribution in [0.5, 0.6) is 0 Å². The van der Waals surface area contributed by atoms with E-state index in [2.05, 4.69) is 9.88 Å². The molecule has 26 heavy (non-hydrogen) atoms. The van der Waals surface area contributed by atoms with E-state index in [9.17, 15) is 18.0 Å². The van der Waals surface area contributed by atoms with Crippen LogP contribution in [0.4, 0.5) is 5.69 Å². The number of nitrogens with one attached hydrogen (secondary N) is 1. The zero-order chi connectivity index (χ0) is 18.5. The van der Waals surface area contributed by atoms with Gasteiger partial charge in [0.2, 0.25) is 10.0 Å². The number of fused-ring (bicyclic) bond motifs is 3. The van der Waals surface area contributed by atoms with Gasteiger partial charge in [0.25, 0.3) is 0 Å². The summed E-state index contributed by atoms with van der Waals surface area (Å²) in [5.41, 5.74) is 1.56. The molecule has 1 saturated carbocycles. The van der Waals surface area contributed by atoms with Crippen molar-refractivity contribution in [2.24, 2.45) is 0 Å². The number of nitrogens with zero attached hydrogens (tertiary/aromatic N) is 1. The van der Waals surface area contributed by atoms with Gasteiger partial charge in [0.1, 0.15) is 17.3 Å². The smallest absolute Gasteiger partial charge is 0.229 e. The summed E-state index contributed by atoms with van der Waals surface area (Å²) in [4.78, 5) is 23.8. The lowest BCUT2D eigenvalue weighted by molar-refractivity contribution is -0.130. The molecule has 134 valence electrons. The van der Waals surface area contributed by atoms with Gasteiger partial charge in [0, 0.05) is 12.1 Å². The summed E-state index contributed by atoms with van der Waals surface area (Å²) >= 11 is 0. The molecule has 0 spiro atoms. The van der Waals surface area contributed by atoms with Crippen LogP contribution in [0.1, 0.15) is 30.9 Å². The molecule has 1 atom stereocenters. The fourth-order valence-corrected chi connectivity index (χ4v) is 4.03. The molecule has 8 heteroatoms. The van der Waals surface area contributed by atoms with Gasteiger partial charge in [0.15, 0.2) is 5.58 Å². The van der Waals surface area contributed by atoms with E-state index in [1.54, 1.807) is 24.3 Å². The van der Waals surface area contributed by atoms with Crippen molar-refractivity contribution in [3.05, 3.63) is 36.0 Å². The van der Waals surface area contributed by atoms with Crippen LogP contribution < -0.4 is 4.72 Å². The highest BCUT2D eigenvalue weighted by Crippen LogP contribution is 2.37. The zero-order valence-electron chi connectivity index (χ0n) is 14.0. The number of carbonyl (C=O) groups is 2. The number of anilines is 1. The summed E-state index contributed by atoms with van der Waals surface area (Å²) in [7, 11) is -3.37. The highest BCUT2D eigenvalue weighted by atomic mass is 32.2. The summed E-state index contributed by atoms with van der Waals surface area (Å²) in [5, 5.41) is 6.47. The molecule has 0 radical (unpaired) electrons. The number of carbonyl (C=O) groups excluding carboxylic acids is 2. The quantitative estimate of drug-likeness (QED) is 0.709. The van der Waals surface area contributed by atoms with Crippen molar-refractivity contribution in [3.8, 4) is 0 Å². The van der Waals surface area contributed by atoms with E-state index < -0.39 is 15.9 Å². The molecule has 0 unspecified atom stereocenters. The third-order valence-electron chi connectivity index (χ3n) is 4.59. The van der Waals surface area contributed by atoms with Crippen molar-refractivity contribution in [1.82, 2.24) is 5.16 Å². The van der Waals surface area contributed by atoms with Crippen LogP contribution in [0.2, 0.25) is 0 Å². The molecule has 7 nitrogen and oxygen atoms in total. The van der Waals surface area contributed by atoms with E-state index in [1.807, 2.05) is 6.07 Å². The normalized spacial score (nSPS) is 18.6. The van der Waals surface area contributed by atoms with E-state index in [0.717, 1.165) is 22.4 Å². The number of sulfonamides is 1. The Labute approximate surface area is 149 Å². The third kappa shape index (κ3) is 2.96. The molecule has 3 aromatic rings. The van der Waals surface area contributed by atoms with Gasteiger partial charge in [-0.1, -0.05) is 17.3 Å². The lowest BCUT2D eigenvalue weighted by Crippen LogP contribution is -2.23. The van der Waals surface area contributed by atoms with Crippen LogP contribution in [0.25, 0.3) is 21.7 Å². The fraction of sp³-hybridized carbons (Fsp3) is 0.278. The minimum Gasteiger partial charge on any atom is -0.356 e. The number of benzene rings is 2. The van der Waals surface area contributed by atoms with Crippen molar-refractivity contribution < 1.29 is 22.5 Å². The lowest BCUT2D eigenvalue weighted by atomic mass is 9.83. The van der Waals surface area contributed by atoms with Crippen LogP contribution >= 0.6 is 0 Å². The van der Waals surface area contributed by atoms with E-state index in [-0.39, 0.29) is 18.0 Å². The van der Waals surface area contributed by atoms with Crippen molar-refractivity contribution in [1.29, 1.82) is 0 Å². The van der Waals surface area contributed by atoms with Gasteiger partial charge in [-0.05, 0) is 35.4 Å². The minimum atomic E-state index is -3.37. The molecule has 0 bridgehead atoms. The first-order valence-electron chi connectivity index (χ1n) is 8.16. The molecule has 2 aromatic carbocycles. The predicted molar refractivity (Wildman–Crippen MR) is 96.6 cm³/mol. The first-order valence-corrected chi connectivity index (χ1v) is 10.1. The Hall–Kier alpha value is -2.74. The molecular weight excluding hydrogens is 356 g/mol. The number of hydrogen-bond donors (Lipinski definition) is 1. The Bertz CT molecular complexity index is 1160. The Kier molecular flexibility index (Phi) is 3.80. The van der Waals surface area contributed by atoms with E-state index >= 15 is 0 Å². The summed E-state index contributed by atoms with van der Waals surface area (Å²) < 4.78 is 30.7. The van der Waals surface area contributed by atoms with Crippen molar-refractivity contribution >= 4 is 49.0 Å². The average molecular weight is 372 g/mol. The van der Waals surface area contributed by atoms with Gasteiger partial charge < -0.3 is 4.52 Å². The van der Waals surface area contributed by atoms with Crippen LogP contribution in [0.3, 0.4) is 0 Å². The molecule has 4 rings (SSSR count). The highest BCUT2D eigenvalue weighted by Gasteiger charge is 2.32. The fourth-order valence-electron chi connectivity index (χ4n) is 3.47. The first-order chi connectivity index (χ1) is 12.3. The molecule has 1 aromatic heterocycles. The largest absolute Gasteiger partial charge is 0.356 e. The lowest BCUT2D eigenvalue weighted by Gasteiger charge is -2.18. The first kappa shape index (κ1) is 16.7. The summed E-state index contributed by atoms with van der Waals surface area (Å²) in [6.45, 7) is 0. The summed E-state index contributed by atoms with van der Waals surface area (Å²) in [5.74, 6) is -0.627. The monoisotopic (exact) mass is 372 g/mol. The third-order valence-corrected chi connectivity index (χ3v) is 5.19. The highest BCUT2D eigenvalue weighted by molar-refractivity contribution is 7.92. The standard InChI is InChI=1S/C18H16N2O5S/c1-26(23,24)20-11-3-5-13-10(8-11)2-7-16-17(13)18(19-25-16)14-6-4-12(21)9-15(14)22/h2-3,5,7-8,14,20H,4,6,9H2,1H3/t14-/m1/s1. The maximum atomic E-state index is 12.3. The number of ketones is 2. The van der Waals surface area contributed by atoms with Crippen LogP contribution in [0.15, 0.2) is 34.9 Å². The van der Waals surface area contributed by atoms with Gasteiger partial charge in [-0.15, -0.1) is 0 Å². The summed E-state index contributed by atoms with van der Waals surface area (Å²) in [6, 6.07) is 8.72. The molecule has 1 aliphatic carbocycles. The Morgan fingerprint density at radius 2 is 2.00 bits per heavy atom. The maximum Gasteiger partial charge on any atom is 0.229 e. The molecule has 0 aliphatic heterocycles. The van der Waals surface area contributed by atoms with E-state index in [4.69, 9.17) is 4.52 Å². The van der Waals surface area contributed by atoms with Crippen molar-refractivity contribution in [2.75, 3.05) is 11.0 Å². The van der Waals surface area contributed by atoms with Crippen molar-refractivity contribution in [2.45, 2.75) is 25.2 Å². The second kappa shape index (κ2) is 5.91. The van der Waals surface area contributed by atoms with Crippen LogP contribution in [0, 0.1) is 0 Å². The molecular formula is C18H16N2O5S. The Morgan fingerprint density at radius 3 is 2.73 bits per heavy atom. The second-order valence-corrected chi connectivity index (χ2v) is 8.34. The van der Waals surface area contributed by atoms with E-state index in [0.29, 0.717) is 29.8 Å². The van der Waals surface area contributed by atoms with Gasteiger partial charge in [-0.3, -0.25) is 14.3 Å². The number of aromatic nitrogens is 1. The molecule has 1 aliphatic rings. The molecule has 1 N–H and O–H groups in total.